The first kappa shape index (κ1) is 17.3. The van der Waals surface area contributed by atoms with E-state index in [0.29, 0.717) is 13.0 Å². The summed E-state index contributed by atoms with van der Waals surface area (Å²) in [5.41, 5.74) is -0.594. The lowest BCUT2D eigenvalue weighted by Crippen LogP contribution is -2.43. The number of amides is 3. The maximum absolute atomic E-state index is 11.7. The summed E-state index contributed by atoms with van der Waals surface area (Å²) in [6.45, 7) is 7.65. The lowest BCUT2D eigenvalue weighted by atomic mass is 9.99. The molecule has 7 nitrogen and oxygen atoms in total. The van der Waals surface area contributed by atoms with E-state index < -0.39 is 11.7 Å². The van der Waals surface area contributed by atoms with Crippen molar-refractivity contribution in [3.05, 3.63) is 0 Å². The third-order valence-corrected chi connectivity index (χ3v) is 3.00. The van der Waals surface area contributed by atoms with Crippen LogP contribution in [-0.2, 0) is 14.3 Å². The van der Waals surface area contributed by atoms with Crippen molar-refractivity contribution in [1.82, 2.24) is 16.0 Å². The van der Waals surface area contributed by atoms with Crippen LogP contribution in [0, 0.1) is 5.92 Å². The number of rotatable bonds is 5. The van der Waals surface area contributed by atoms with Crippen molar-refractivity contribution in [3.63, 3.8) is 0 Å². The van der Waals surface area contributed by atoms with E-state index in [1.54, 1.807) is 20.8 Å². The fourth-order valence-electron chi connectivity index (χ4n) is 2.15. The Morgan fingerprint density at radius 2 is 2.10 bits per heavy atom. The molecule has 1 fully saturated rings. The van der Waals surface area contributed by atoms with Crippen LogP contribution in [-0.4, -0.2) is 42.6 Å². The molecule has 0 spiro atoms. The third-order valence-electron chi connectivity index (χ3n) is 3.00. The van der Waals surface area contributed by atoms with Crippen LogP contribution in [0.3, 0.4) is 0 Å². The number of carbonyl (C=O) groups excluding carboxylic acids is 3. The van der Waals surface area contributed by atoms with E-state index in [1.807, 2.05) is 6.92 Å². The number of carbonyl (C=O) groups is 3. The molecule has 2 atom stereocenters. The highest BCUT2D eigenvalue weighted by Crippen LogP contribution is 2.15. The highest BCUT2D eigenvalue weighted by atomic mass is 16.6. The first-order valence-corrected chi connectivity index (χ1v) is 7.21. The quantitative estimate of drug-likeness (QED) is 0.690. The maximum atomic E-state index is 11.7. The van der Waals surface area contributed by atoms with Crippen molar-refractivity contribution >= 4 is 17.9 Å². The summed E-state index contributed by atoms with van der Waals surface area (Å²) in [7, 11) is 0. The summed E-state index contributed by atoms with van der Waals surface area (Å²) >= 11 is 0. The van der Waals surface area contributed by atoms with Gasteiger partial charge in [-0.15, -0.1) is 0 Å². The smallest absolute Gasteiger partial charge is 0.408 e. The van der Waals surface area contributed by atoms with Gasteiger partial charge in [0.25, 0.3) is 0 Å². The fraction of sp³-hybridized carbons (Fsp3) is 0.786. The van der Waals surface area contributed by atoms with Gasteiger partial charge in [0.2, 0.25) is 11.8 Å². The first-order chi connectivity index (χ1) is 9.67. The molecule has 7 heteroatoms. The zero-order valence-corrected chi connectivity index (χ0v) is 13.1. The van der Waals surface area contributed by atoms with Gasteiger partial charge in [0, 0.05) is 18.5 Å². The van der Waals surface area contributed by atoms with Crippen LogP contribution in [0.1, 0.15) is 40.5 Å². The number of alkyl carbamates (subject to hydrolysis) is 1. The van der Waals surface area contributed by atoms with Gasteiger partial charge >= 0.3 is 6.09 Å². The SMILES string of the molecule is CC(CC1CCNC1=O)NC(=O)CNC(=O)OC(C)(C)C. The Morgan fingerprint density at radius 3 is 2.62 bits per heavy atom. The van der Waals surface area contributed by atoms with E-state index in [9.17, 15) is 14.4 Å². The molecule has 0 aromatic heterocycles. The van der Waals surface area contributed by atoms with Crippen LogP contribution in [0.2, 0.25) is 0 Å². The van der Waals surface area contributed by atoms with Crippen LogP contribution in [0.25, 0.3) is 0 Å². The molecule has 21 heavy (non-hydrogen) atoms. The minimum atomic E-state index is -0.625. The molecule has 0 aromatic carbocycles. The predicted octanol–water partition coefficient (Wildman–Crippen LogP) is 0.542. The van der Waals surface area contributed by atoms with Crippen molar-refractivity contribution in [3.8, 4) is 0 Å². The summed E-state index contributed by atoms with van der Waals surface area (Å²) < 4.78 is 5.03. The van der Waals surface area contributed by atoms with Gasteiger partial charge in [-0.25, -0.2) is 4.79 Å². The van der Waals surface area contributed by atoms with Crippen molar-refractivity contribution in [2.75, 3.05) is 13.1 Å². The Morgan fingerprint density at radius 1 is 1.43 bits per heavy atom. The molecule has 0 bridgehead atoms. The summed E-state index contributed by atoms with van der Waals surface area (Å²) in [6, 6.07) is -0.119. The van der Waals surface area contributed by atoms with Gasteiger partial charge in [-0.05, 0) is 40.5 Å². The van der Waals surface area contributed by atoms with Crippen LogP contribution >= 0.6 is 0 Å². The van der Waals surface area contributed by atoms with Gasteiger partial charge in [0.15, 0.2) is 0 Å². The highest BCUT2D eigenvalue weighted by Gasteiger charge is 2.26. The lowest BCUT2D eigenvalue weighted by Gasteiger charge is -2.20. The first-order valence-electron chi connectivity index (χ1n) is 7.21. The third kappa shape index (κ3) is 6.97. The minimum absolute atomic E-state index is 0.0425. The summed E-state index contributed by atoms with van der Waals surface area (Å²) in [5, 5.41) is 7.92. The van der Waals surface area contributed by atoms with Crippen molar-refractivity contribution in [2.24, 2.45) is 5.92 Å². The number of hydrogen-bond acceptors (Lipinski definition) is 4. The predicted molar refractivity (Wildman–Crippen MR) is 77.6 cm³/mol. The van der Waals surface area contributed by atoms with Gasteiger partial charge in [-0.3, -0.25) is 9.59 Å². The largest absolute Gasteiger partial charge is 0.444 e. The molecule has 1 rings (SSSR count). The second-order valence-corrected chi connectivity index (χ2v) is 6.34. The molecular formula is C14H25N3O4. The molecule has 3 amide bonds. The second-order valence-electron chi connectivity index (χ2n) is 6.34. The Balaban J connectivity index is 2.23. The Bertz CT molecular complexity index is 404. The van der Waals surface area contributed by atoms with Gasteiger partial charge in [0.05, 0.1) is 0 Å². The van der Waals surface area contributed by atoms with E-state index in [4.69, 9.17) is 4.74 Å². The zero-order chi connectivity index (χ0) is 16.0. The fourth-order valence-corrected chi connectivity index (χ4v) is 2.15. The van der Waals surface area contributed by atoms with E-state index in [-0.39, 0.29) is 30.3 Å². The second kappa shape index (κ2) is 7.28. The summed E-state index contributed by atoms with van der Waals surface area (Å²) in [4.78, 5) is 34.5. The average molecular weight is 299 g/mol. The molecule has 2 unspecified atom stereocenters. The molecule has 120 valence electrons. The van der Waals surface area contributed by atoms with Gasteiger partial charge in [0.1, 0.15) is 12.1 Å². The minimum Gasteiger partial charge on any atom is -0.444 e. The summed E-state index contributed by atoms with van der Waals surface area (Å²) in [6.07, 6.45) is 0.777. The van der Waals surface area contributed by atoms with Crippen LogP contribution in [0.4, 0.5) is 4.79 Å². The molecule has 0 aromatic rings. The molecular weight excluding hydrogens is 274 g/mol. The molecule has 3 N–H and O–H groups in total. The molecule has 0 aliphatic carbocycles. The Labute approximate surface area is 125 Å². The van der Waals surface area contributed by atoms with E-state index in [0.717, 1.165) is 6.42 Å². The van der Waals surface area contributed by atoms with Gasteiger partial charge in [-0.2, -0.15) is 0 Å². The van der Waals surface area contributed by atoms with Crippen molar-refractivity contribution in [2.45, 2.75) is 52.2 Å². The molecule has 1 aliphatic heterocycles. The average Bonchev–Trinajstić information content (AvgIpc) is 2.70. The Kier molecular flexibility index (Phi) is 5.99. The topological polar surface area (TPSA) is 96.5 Å². The van der Waals surface area contributed by atoms with Crippen LogP contribution in [0.5, 0.6) is 0 Å². The molecule has 0 saturated carbocycles. The molecule has 0 radical (unpaired) electrons. The Hall–Kier alpha value is -1.79. The maximum Gasteiger partial charge on any atom is 0.408 e. The van der Waals surface area contributed by atoms with Crippen molar-refractivity contribution in [1.29, 1.82) is 0 Å². The van der Waals surface area contributed by atoms with Crippen LogP contribution in [0.15, 0.2) is 0 Å². The number of hydrogen-bond donors (Lipinski definition) is 3. The monoisotopic (exact) mass is 299 g/mol. The zero-order valence-electron chi connectivity index (χ0n) is 13.1. The molecule has 1 heterocycles. The number of nitrogens with one attached hydrogen (secondary N) is 3. The highest BCUT2D eigenvalue weighted by molar-refractivity contribution is 5.83. The van der Waals surface area contributed by atoms with Gasteiger partial charge in [-0.1, -0.05) is 0 Å². The number of ether oxygens (including phenoxy) is 1. The lowest BCUT2D eigenvalue weighted by molar-refractivity contribution is -0.124. The normalized spacial score (nSPS) is 19.6. The summed E-state index contributed by atoms with van der Waals surface area (Å²) in [5.74, 6) is -0.297. The van der Waals surface area contributed by atoms with Crippen molar-refractivity contribution < 1.29 is 19.1 Å². The molecule has 1 aliphatic rings. The van der Waals surface area contributed by atoms with E-state index in [2.05, 4.69) is 16.0 Å². The van der Waals surface area contributed by atoms with E-state index in [1.165, 1.54) is 0 Å². The van der Waals surface area contributed by atoms with E-state index >= 15 is 0 Å². The molecule has 1 saturated heterocycles. The van der Waals surface area contributed by atoms with Gasteiger partial charge < -0.3 is 20.7 Å². The van der Waals surface area contributed by atoms with Crippen LogP contribution < -0.4 is 16.0 Å². The standard InChI is InChI=1S/C14H25N3O4/c1-9(7-10-5-6-15-12(10)19)17-11(18)8-16-13(20)21-14(2,3)4/h9-10H,5-8H2,1-4H3,(H,15,19)(H,16,20)(H,17,18).